The maximum absolute atomic E-state index is 9.35. The molecular formula is C6H12N4O. The molecule has 0 aliphatic rings. The van der Waals surface area contributed by atoms with E-state index >= 15 is 0 Å². The van der Waals surface area contributed by atoms with Gasteiger partial charge < -0.3 is 10.8 Å². The molecule has 1 aromatic heterocycles. The summed E-state index contributed by atoms with van der Waals surface area (Å²) in [5, 5.41) is 16.6. The normalized spacial score (nSPS) is 11.9. The minimum absolute atomic E-state index is 0.370. The molecule has 1 heterocycles. The van der Waals surface area contributed by atoms with Crippen LogP contribution in [0.4, 0.5) is 5.82 Å². The third-order valence-electron chi connectivity index (χ3n) is 1.11. The molecule has 3 N–H and O–H groups in total. The maximum atomic E-state index is 9.35. The highest BCUT2D eigenvalue weighted by Crippen LogP contribution is 2.04. The van der Waals surface area contributed by atoms with Crippen molar-refractivity contribution in [2.75, 3.05) is 5.73 Å². The molecule has 0 bridgehead atoms. The van der Waals surface area contributed by atoms with Gasteiger partial charge in [-0.15, -0.1) is 5.10 Å². The Morgan fingerprint density at radius 2 is 2.36 bits per heavy atom. The van der Waals surface area contributed by atoms with Gasteiger partial charge >= 0.3 is 0 Å². The quantitative estimate of drug-likeness (QED) is 0.612. The monoisotopic (exact) mass is 156 g/mol. The largest absolute Gasteiger partial charge is 0.389 e. The summed E-state index contributed by atoms with van der Waals surface area (Å²) in [5.74, 6) is 0.370. The number of nitrogens with two attached hydrogens (primary N) is 1. The number of aliphatic hydroxyl groups is 1. The minimum Gasteiger partial charge on any atom is -0.389 e. The number of rotatable bonds is 2. The Morgan fingerprint density at radius 1 is 1.73 bits per heavy atom. The highest BCUT2D eigenvalue weighted by molar-refractivity contribution is 5.19. The van der Waals surface area contributed by atoms with Crippen LogP contribution in [0, 0.1) is 0 Å². The van der Waals surface area contributed by atoms with E-state index in [4.69, 9.17) is 5.73 Å². The van der Waals surface area contributed by atoms with Crippen molar-refractivity contribution in [3.8, 4) is 0 Å². The topological polar surface area (TPSA) is 77.0 Å². The third kappa shape index (κ3) is 2.55. The predicted molar refractivity (Wildman–Crippen MR) is 40.7 cm³/mol. The van der Waals surface area contributed by atoms with Gasteiger partial charge in [-0.05, 0) is 13.8 Å². The van der Waals surface area contributed by atoms with Crippen LogP contribution < -0.4 is 5.73 Å². The van der Waals surface area contributed by atoms with Gasteiger partial charge in [-0.1, -0.05) is 5.21 Å². The van der Waals surface area contributed by atoms with E-state index in [9.17, 15) is 5.11 Å². The Morgan fingerprint density at radius 3 is 2.73 bits per heavy atom. The molecule has 0 radical (unpaired) electrons. The van der Waals surface area contributed by atoms with Crippen LogP contribution in [0.15, 0.2) is 6.20 Å². The molecule has 0 saturated carbocycles. The molecule has 0 aliphatic heterocycles. The zero-order valence-electron chi connectivity index (χ0n) is 6.65. The Bertz CT molecular complexity index is 237. The Balaban J connectivity index is 2.65. The molecule has 0 amide bonds. The van der Waals surface area contributed by atoms with Gasteiger partial charge in [-0.2, -0.15) is 0 Å². The average Bonchev–Trinajstić information content (AvgIpc) is 2.10. The van der Waals surface area contributed by atoms with Gasteiger partial charge in [0.1, 0.15) is 0 Å². The zero-order chi connectivity index (χ0) is 8.48. The van der Waals surface area contributed by atoms with Crippen molar-refractivity contribution in [2.45, 2.75) is 26.0 Å². The van der Waals surface area contributed by atoms with Gasteiger partial charge in [0.25, 0.3) is 0 Å². The van der Waals surface area contributed by atoms with E-state index in [1.807, 2.05) is 0 Å². The lowest BCUT2D eigenvalue weighted by molar-refractivity contribution is 0.0571. The average molecular weight is 156 g/mol. The van der Waals surface area contributed by atoms with Crippen LogP contribution in [0.3, 0.4) is 0 Å². The second-order valence-electron chi connectivity index (χ2n) is 3.15. The molecule has 0 spiro atoms. The molecular weight excluding hydrogens is 144 g/mol. The molecule has 11 heavy (non-hydrogen) atoms. The fourth-order valence-electron chi connectivity index (χ4n) is 0.787. The highest BCUT2D eigenvalue weighted by atomic mass is 16.3. The lowest BCUT2D eigenvalue weighted by Crippen LogP contribution is -2.26. The summed E-state index contributed by atoms with van der Waals surface area (Å²) in [5.41, 5.74) is 4.54. The van der Waals surface area contributed by atoms with Crippen LogP contribution in [0.2, 0.25) is 0 Å². The first-order chi connectivity index (χ1) is 4.97. The molecule has 0 saturated heterocycles. The third-order valence-corrected chi connectivity index (χ3v) is 1.11. The molecule has 5 nitrogen and oxygen atoms in total. The lowest BCUT2D eigenvalue weighted by atomic mass is 10.1. The standard InChI is InChI=1S/C6H12N4O/c1-6(2,11)4-10-3-5(7)8-9-10/h3,11H,4,7H2,1-2H3. The smallest absolute Gasteiger partial charge is 0.165 e. The van der Waals surface area contributed by atoms with Crippen molar-refractivity contribution in [3.05, 3.63) is 6.20 Å². The first-order valence-corrected chi connectivity index (χ1v) is 3.35. The number of anilines is 1. The van der Waals surface area contributed by atoms with E-state index < -0.39 is 5.60 Å². The van der Waals surface area contributed by atoms with Crippen LogP contribution in [-0.2, 0) is 6.54 Å². The predicted octanol–water partition coefficient (Wildman–Crippen LogP) is -0.369. The van der Waals surface area contributed by atoms with Crippen molar-refractivity contribution < 1.29 is 5.11 Å². The molecule has 1 rings (SSSR count). The minimum atomic E-state index is -0.778. The molecule has 5 heteroatoms. The van der Waals surface area contributed by atoms with Crippen molar-refractivity contribution in [2.24, 2.45) is 0 Å². The molecule has 62 valence electrons. The summed E-state index contributed by atoms with van der Waals surface area (Å²) in [6.07, 6.45) is 1.58. The van der Waals surface area contributed by atoms with Gasteiger partial charge in [0.05, 0.1) is 18.3 Å². The number of nitrogens with zero attached hydrogens (tertiary/aromatic N) is 3. The number of hydrogen-bond donors (Lipinski definition) is 2. The van der Waals surface area contributed by atoms with E-state index in [-0.39, 0.29) is 0 Å². The maximum Gasteiger partial charge on any atom is 0.165 e. The number of nitrogen functional groups attached to an aromatic ring is 1. The molecule has 0 atom stereocenters. The van der Waals surface area contributed by atoms with E-state index in [1.165, 1.54) is 4.68 Å². The summed E-state index contributed by atoms with van der Waals surface area (Å²) in [6, 6.07) is 0. The Labute approximate surface area is 64.8 Å². The Hall–Kier alpha value is -1.10. The summed E-state index contributed by atoms with van der Waals surface area (Å²) in [7, 11) is 0. The fourth-order valence-corrected chi connectivity index (χ4v) is 0.787. The van der Waals surface area contributed by atoms with Gasteiger partial charge in [-0.25, -0.2) is 4.68 Å². The number of hydrogen-bond acceptors (Lipinski definition) is 4. The summed E-state index contributed by atoms with van der Waals surface area (Å²) in [6.45, 7) is 3.80. The molecule has 0 fully saturated rings. The molecule has 0 unspecified atom stereocenters. The van der Waals surface area contributed by atoms with Crippen LogP contribution in [0.5, 0.6) is 0 Å². The molecule has 0 aromatic carbocycles. The number of aromatic nitrogens is 3. The van der Waals surface area contributed by atoms with Crippen molar-refractivity contribution in [1.82, 2.24) is 15.0 Å². The van der Waals surface area contributed by atoms with Crippen LogP contribution in [0.1, 0.15) is 13.8 Å². The highest BCUT2D eigenvalue weighted by Gasteiger charge is 2.13. The summed E-state index contributed by atoms with van der Waals surface area (Å²) in [4.78, 5) is 0. The van der Waals surface area contributed by atoms with Crippen LogP contribution >= 0.6 is 0 Å². The van der Waals surface area contributed by atoms with Gasteiger partial charge in [-0.3, -0.25) is 0 Å². The van der Waals surface area contributed by atoms with Gasteiger partial charge in [0.2, 0.25) is 0 Å². The van der Waals surface area contributed by atoms with E-state index in [1.54, 1.807) is 20.0 Å². The zero-order valence-corrected chi connectivity index (χ0v) is 6.65. The first kappa shape index (κ1) is 8.00. The van der Waals surface area contributed by atoms with E-state index in [0.717, 1.165) is 0 Å². The summed E-state index contributed by atoms with van der Waals surface area (Å²) < 4.78 is 1.51. The van der Waals surface area contributed by atoms with Crippen molar-refractivity contribution in [3.63, 3.8) is 0 Å². The SMILES string of the molecule is CC(C)(O)Cn1cc(N)nn1. The van der Waals surface area contributed by atoms with Crippen LogP contribution in [-0.4, -0.2) is 25.7 Å². The van der Waals surface area contributed by atoms with E-state index in [2.05, 4.69) is 10.3 Å². The fraction of sp³-hybridized carbons (Fsp3) is 0.667. The van der Waals surface area contributed by atoms with Gasteiger partial charge in [0, 0.05) is 0 Å². The second-order valence-corrected chi connectivity index (χ2v) is 3.15. The van der Waals surface area contributed by atoms with Crippen molar-refractivity contribution in [1.29, 1.82) is 0 Å². The lowest BCUT2D eigenvalue weighted by Gasteiger charge is -2.15. The van der Waals surface area contributed by atoms with Crippen molar-refractivity contribution >= 4 is 5.82 Å². The van der Waals surface area contributed by atoms with E-state index in [0.29, 0.717) is 12.4 Å². The second kappa shape index (κ2) is 2.50. The van der Waals surface area contributed by atoms with Crippen LogP contribution in [0.25, 0.3) is 0 Å². The molecule has 1 aromatic rings. The van der Waals surface area contributed by atoms with Gasteiger partial charge in [0.15, 0.2) is 5.82 Å². The Kier molecular flexibility index (Phi) is 1.82. The summed E-state index contributed by atoms with van der Waals surface area (Å²) >= 11 is 0. The molecule has 0 aliphatic carbocycles. The first-order valence-electron chi connectivity index (χ1n) is 3.35.